The molecular weight excluding hydrogens is 274 g/mol. The molecule has 19 heavy (non-hydrogen) atoms. The van der Waals surface area contributed by atoms with Gasteiger partial charge in [-0.05, 0) is 13.3 Å². The van der Waals surface area contributed by atoms with Crippen LogP contribution in [0.2, 0.25) is 0 Å². The summed E-state index contributed by atoms with van der Waals surface area (Å²) < 4.78 is 29.4. The molecule has 2 N–H and O–H groups in total. The van der Waals surface area contributed by atoms with Crippen molar-refractivity contribution in [2.24, 2.45) is 0 Å². The molecule has 0 unspecified atom stereocenters. The fraction of sp³-hybridized carbons (Fsp3) is 0.636. The topological polar surface area (TPSA) is 110 Å². The number of carbonyl (C=O) groups is 2. The van der Waals surface area contributed by atoms with Crippen LogP contribution in [0.4, 0.5) is 0 Å². The van der Waals surface area contributed by atoms with E-state index in [9.17, 15) is 18.0 Å². The van der Waals surface area contributed by atoms with E-state index < -0.39 is 28.0 Å². The number of nitrogens with one attached hydrogen (secondary N) is 1. The fourth-order valence-electron chi connectivity index (χ4n) is 1.23. The number of sulfonamides is 1. The van der Waals surface area contributed by atoms with Gasteiger partial charge in [-0.15, -0.1) is 0 Å². The second-order valence-electron chi connectivity index (χ2n) is 3.97. The first-order chi connectivity index (χ1) is 8.74. The fourth-order valence-corrected chi connectivity index (χ4v) is 2.00. The third-order valence-corrected chi connectivity index (χ3v) is 2.79. The largest absolute Gasteiger partial charge is 0.481 e. The van der Waals surface area contributed by atoms with Gasteiger partial charge in [0, 0.05) is 0 Å². The van der Waals surface area contributed by atoms with Gasteiger partial charge >= 0.3 is 11.9 Å². The van der Waals surface area contributed by atoms with E-state index in [0.29, 0.717) is 6.42 Å². The lowest BCUT2D eigenvalue weighted by molar-refractivity contribution is -0.148. The number of hydrogen-bond donors (Lipinski definition) is 2. The number of carbonyl (C=O) groups excluding carboxylic acids is 1. The van der Waals surface area contributed by atoms with Crippen LogP contribution < -0.4 is 4.72 Å². The first kappa shape index (κ1) is 17.6. The van der Waals surface area contributed by atoms with Gasteiger partial charge in [0.05, 0.1) is 25.1 Å². The summed E-state index contributed by atoms with van der Waals surface area (Å²) in [4.78, 5) is 21.5. The van der Waals surface area contributed by atoms with Crippen molar-refractivity contribution in [3.05, 3.63) is 12.2 Å². The molecule has 0 heterocycles. The molecule has 0 aliphatic heterocycles. The molecule has 0 aromatic rings. The Balaban J connectivity index is 4.25. The molecule has 0 amide bonds. The Kier molecular flexibility index (Phi) is 8.01. The highest BCUT2D eigenvalue weighted by Gasteiger charge is 2.15. The normalized spacial score (nSPS) is 13.4. The Morgan fingerprint density at radius 3 is 2.47 bits per heavy atom. The summed E-state index contributed by atoms with van der Waals surface area (Å²) in [5.74, 6) is -1.75. The standard InChI is InChI=1S/C11H19NO6S/c1-3-4-5-9(12-19(2,16)17)8-18-11(15)7-6-10(13)14/h3-4,9,12H,5-8H2,1-2H3,(H,13,14)/b4-3+/t9-/m1/s1. The molecule has 0 aromatic heterocycles. The predicted octanol–water partition coefficient (Wildman–Crippen LogP) is 0.278. The van der Waals surface area contributed by atoms with E-state index in [1.165, 1.54) is 0 Å². The summed E-state index contributed by atoms with van der Waals surface area (Å²) in [6.45, 7) is 1.66. The van der Waals surface area contributed by atoms with Crippen molar-refractivity contribution in [2.45, 2.75) is 32.2 Å². The van der Waals surface area contributed by atoms with Crippen LogP contribution in [0.25, 0.3) is 0 Å². The zero-order valence-corrected chi connectivity index (χ0v) is 11.8. The molecule has 0 aliphatic carbocycles. The molecule has 7 nitrogen and oxygen atoms in total. The lowest BCUT2D eigenvalue weighted by Gasteiger charge is -2.15. The number of allylic oxidation sites excluding steroid dienone is 1. The lowest BCUT2D eigenvalue weighted by Crippen LogP contribution is -2.37. The third-order valence-electron chi connectivity index (χ3n) is 2.03. The molecule has 110 valence electrons. The average Bonchev–Trinajstić information content (AvgIpc) is 2.28. The number of carboxylic acids is 1. The van der Waals surface area contributed by atoms with Crippen LogP contribution in [-0.2, 0) is 24.3 Å². The maximum atomic E-state index is 11.2. The van der Waals surface area contributed by atoms with Crippen LogP contribution in [-0.4, -0.2) is 44.4 Å². The van der Waals surface area contributed by atoms with E-state index in [1.807, 2.05) is 0 Å². The highest BCUT2D eigenvalue weighted by molar-refractivity contribution is 7.88. The molecule has 0 bridgehead atoms. The smallest absolute Gasteiger partial charge is 0.306 e. The highest BCUT2D eigenvalue weighted by atomic mass is 32.2. The molecule has 0 aliphatic rings. The Labute approximate surface area is 112 Å². The number of carboxylic acid groups (broad SMARTS) is 1. The Bertz CT molecular complexity index is 428. The van der Waals surface area contributed by atoms with Crippen molar-refractivity contribution in [3.63, 3.8) is 0 Å². The van der Waals surface area contributed by atoms with Gasteiger partial charge in [-0.25, -0.2) is 13.1 Å². The minimum absolute atomic E-state index is 0.129. The molecule has 0 saturated heterocycles. The van der Waals surface area contributed by atoms with Crippen LogP contribution in [0.15, 0.2) is 12.2 Å². The van der Waals surface area contributed by atoms with Gasteiger partial charge in [0.15, 0.2) is 0 Å². The van der Waals surface area contributed by atoms with Gasteiger partial charge in [0.25, 0.3) is 0 Å². The maximum absolute atomic E-state index is 11.2. The summed E-state index contributed by atoms with van der Waals surface area (Å²) in [5, 5.41) is 8.40. The van der Waals surface area contributed by atoms with Gasteiger partial charge in [-0.3, -0.25) is 9.59 Å². The minimum atomic E-state index is -3.40. The van der Waals surface area contributed by atoms with Gasteiger partial charge < -0.3 is 9.84 Å². The maximum Gasteiger partial charge on any atom is 0.306 e. The molecule has 0 aromatic carbocycles. The van der Waals surface area contributed by atoms with Gasteiger partial charge in [0.2, 0.25) is 10.0 Å². The third kappa shape index (κ3) is 11.4. The summed E-state index contributed by atoms with van der Waals surface area (Å²) in [5.41, 5.74) is 0. The monoisotopic (exact) mass is 293 g/mol. The Morgan fingerprint density at radius 1 is 1.37 bits per heavy atom. The van der Waals surface area contributed by atoms with Crippen LogP contribution in [0.1, 0.15) is 26.2 Å². The van der Waals surface area contributed by atoms with Crippen LogP contribution >= 0.6 is 0 Å². The number of rotatable bonds is 9. The quantitative estimate of drug-likeness (QED) is 0.466. The number of hydrogen-bond acceptors (Lipinski definition) is 5. The minimum Gasteiger partial charge on any atom is -0.481 e. The molecular formula is C11H19NO6S. The zero-order chi connectivity index (χ0) is 14.9. The van der Waals surface area contributed by atoms with Crippen molar-refractivity contribution in [2.75, 3.05) is 12.9 Å². The number of esters is 1. The number of aliphatic carboxylic acids is 1. The SMILES string of the molecule is C/C=C/C[C@H](COC(=O)CCC(=O)O)NS(C)(=O)=O. The van der Waals surface area contributed by atoms with Crippen molar-refractivity contribution in [1.29, 1.82) is 0 Å². The van der Waals surface area contributed by atoms with Crippen molar-refractivity contribution in [3.8, 4) is 0 Å². The molecule has 0 fully saturated rings. The average molecular weight is 293 g/mol. The molecule has 1 atom stereocenters. The van der Waals surface area contributed by atoms with E-state index in [1.54, 1.807) is 19.1 Å². The molecule has 0 rings (SSSR count). The van der Waals surface area contributed by atoms with Crippen LogP contribution in [0.3, 0.4) is 0 Å². The second kappa shape index (κ2) is 8.65. The predicted molar refractivity (Wildman–Crippen MR) is 69.0 cm³/mol. The summed E-state index contributed by atoms with van der Waals surface area (Å²) in [6, 6.07) is -0.556. The Hall–Kier alpha value is -1.41. The van der Waals surface area contributed by atoms with Crippen LogP contribution in [0.5, 0.6) is 0 Å². The van der Waals surface area contributed by atoms with E-state index in [2.05, 4.69) is 4.72 Å². The first-order valence-corrected chi connectivity index (χ1v) is 7.59. The van der Waals surface area contributed by atoms with E-state index in [4.69, 9.17) is 9.84 Å². The van der Waals surface area contributed by atoms with Crippen molar-refractivity contribution >= 4 is 22.0 Å². The summed E-state index contributed by atoms with van der Waals surface area (Å²) >= 11 is 0. The highest BCUT2D eigenvalue weighted by Crippen LogP contribution is 2.00. The molecule has 0 spiro atoms. The molecule has 0 radical (unpaired) electrons. The lowest BCUT2D eigenvalue weighted by atomic mass is 10.2. The molecule has 8 heteroatoms. The number of ether oxygens (including phenoxy) is 1. The first-order valence-electron chi connectivity index (χ1n) is 5.70. The second-order valence-corrected chi connectivity index (χ2v) is 5.75. The summed E-state index contributed by atoms with van der Waals surface area (Å²) in [7, 11) is -3.40. The Morgan fingerprint density at radius 2 is 2.00 bits per heavy atom. The van der Waals surface area contributed by atoms with Crippen LogP contribution in [0, 0.1) is 0 Å². The van der Waals surface area contributed by atoms with E-state index in [-0.39, 0.29) is 19.4 Å². The summed E-state index contributed by atoms with van der Waals surface area (Å²) in [6.07, 6.45) is 4.36. The van der Waals surface area contributed by atoms with E-state index >= 15 is 0 Å². The van der Waals surface area contributed by atoms with Crippen molar-refractivity contribution < 1.29 is 27.9 Å². The van der Waals surface area contributed by atoms with E-state index in [0.717, 1.165) is 6.26 Å². The van der Waals surface area contributed by atoms with Gasteiger partial charge in [-0.2, -0.15) is 0 Å². The van der Waals surface area contributed by atoms with Crippen molar-refractivity contribution in [1.82, 2.24) is 4.72 Å². The zero-order valence-electron chi connectivity index (χ0n) is 11.0. The molecule has 0 saturated carbocycles. The van der Waals surface area contributed by atoms with Gasteiger partial charge in [0.1, 0.15) is 6.61 Å². The van der Waals surface area contributed by atoms with Gasteiger partial charge in [-0.1, -0.05) is 12.2 Å².